The van der Waals surface area contributed by atoms with Crippen molar-refractivity contribution in [3.8, 4) is 11.3 Å². The molecule has 0 aliphatic heterocycles. The number of nitrogens with one attached hydrogen (secondary N) is 1. The Kier molecular flexibility index (Phi) is 4.73. The smallest absolute Gasteiger partial charge is 0.259 e. The number of fused-ring (bicyclic) bond motifs is 1. The fourth-order valence-corrected chi connectivity index (χ4v) is 3.71. The zero-order valence-electron chi connectivity index (χ0n) is 16.7. The number of aromatic nitrogens is 2. The van der Waals surface area contributed by atoms with Gasteiger partial charge in [0.1, 0.15) is 17.3 Å². The Balaban J connectivity index is 1.57. The Morgan fingerprint density at radius 1 is 1.10 bits per heavy atom. The van der Waals surface area contributed by atoms with E-state index in [9.17, 15) is 13.6 Å². The molecule has 156 valence electrons. The molecule has 5 rings (SSSR count). The highest BCUT2D eigenvalue weighted by molar-refractivity contribution is 6.09. The van der Waals surface area contributed by atoms with Crippen molar-refractivity contribution in [1.29, 1.82) is 0 Å². The Hall–Kier alpha value is -3.61. The highest BCUT2D eigenvalue weighted by atomic mass is 19.1. The third-order valence-electron chi connectivity index (χ3n) is 5.49. The van der Waals surface area contributed by atoms with E-state index in [0.29, 0.717) is 33.8 Å². The first-order chi connectivity index (χ1) is 15.0. The summed E-state index contributed by atoms with van der Waals surface area (Å²) in [6.45, 7) is 1.68. The van der Waals surface area contributed by atoms with Crippen LogP contribution in [0.5, 0.6) is 0 Å². The largest absolute Gasteiger partial charge is 0.345 e. The lowest BCUT2D eigenvalue weighted by molar-refractivity contribution is 0.0941. The molecular weight excluding hydrogens is 400 g/mol. The molecule has 1 fully saturated rings. The number of carbonyl (C=O) groups excluding carboxylic acids is 1. The molecule has 1 N–H and O–H groups in total. The van der Waals surface area contributed by atoms with Crippen molar-refractivity contribution < 1.29 is 18.1 Å². The summed E-state index contributed by atoms with van der Waals surface area (Å²) in [5.41, 5.74) is 3.15. The van der Waals surface area contributed by atoms with Gasteiger partial charge in [0, 0.05) is 23.2 Å². The number of benzene rings is 2. The lowest BCUT2D eigenvalue weighted by atomic mass is 10.0. The van der Waals surface area contributed by atoms with Crippen LogP contribution in [0.25, 0.3) is 22.4 Å². The van der Waals surface area contributed by atoms with Crippen molar-refractivity contribution in [3.05, 3.63) is 83.1 Å². The standard InChI is InChI=1S/C24H19F2N3O2/c1-13(16-9-17(25)11-18(26)10-16)27-23(30)19-12-20(14-7-8-14)28-24-21(19)22(29-31-24)15-5-3-2-4-6-15/h2-6,9-14H,7-8H2,1H3,(H,27,30)/t13-/m1/s1. The average molecular weight is 419 g/mol. The summed E-state index contributed by atoms with van der Waals surface area (Å²) < 4.78 is 32.7. The van der Waals surface area contributed by atoms with Crippen molar-refractivity contribution in [2.24, 2.45) is 0 Å². The van der Waals surface area contributed by atoms with Crippen molar-refractivity contribution in [2.45, 2.75) is 31.7 Å². The summed E-state index contributed by atoms with van der Waals surface area (Å²) in [6, 6.07) is 13.8. The number of hydrogen-bond donors (Lipinski definition) is 1. The number of nitrogens with zero attached hydrogens (tertiary/aromatic N) is 2. The quantitative estimate of drug-likeness (QED) is 0.461. The van der Waals surface area contributed by atoms with Crippen molar-refractivity contribution in [2.75, 3.05) is 0 Å². The van der Waals surface area contributed by atoms with Crippen LogP contribution in [-0.4, -0.2) is 16.0 Å². The molecule has 0 saturated heterocycles. The van der Waals surface area contributed by atoms with Crippen LogP contribution in [0.1, 0.15) is 53.3 Å². The molecule has 1 aliphatic rings. The van der Waals surface area contributed by atoms with E-state index in [-0.39, 0.29) is 5.91 Å². The van der Waals surface area contributed by atoms with Gasteiger partial charge in [-0.2, -0.15) is 0 Å². The van der Waals surface area contributed by atoms with E-state index < -0.39 is 17.7 Å². The minimum absolute atomic E-state index is 0.302. The minimum Gasteiger partial charge on any atom is -0.345 e. The number of rotatable bonds is 5. The molecule has 0 radical (unpaired) electrons. The summed E-state index contributed by atoms with van der Waals surface area (Å²) in [5, 5.41) is 7.54. The highest BCUT2D eigenvalue weighted by Gasteiger charge is 2.29. The molecule has 4 aromatic rings. The minimum atomic E-state index is -0.691. The second-order valence-corrected chi connectivity index (χ2v) is 7.84. The second kappa shape index (κ2) is 7.58. The lowest BCUT2D eigenvalue weighted by Gasteiger charge is -2.15. The molecule has 1 amide bonds. The maximum absolute atomic E-state index is 13.6. The molecule has 0 spiro atoms. The molecule has 0 unspecified atom stereocenters. The van der Waals surface area contributed by atoms with Crippen LogP contribution in [0.3, 0.4) is 0 Å². The number of pyridine rings is 1. The van der Waals surface area contributed by atoms with Crippen LogP contribution >= 0.6 is 0 Å². The van der Waals surface area contributed by atoms with Crippen LogP contribution in [0.2, 0.25) is 0 Å². The topological polar surface area (TPSA) is 68.0 Å². The summed E-state index contributed by atoms with van der Waals surface area (Å²) in [6.07, 6.45) is 2.02. The predicted octanol–water partition coefficient (Wildman–Crippen LogP) is 5.54. The van der Waals surface area contributed by atoms with Gasteiger partial charge in [-0.15, -0.1) is 0 Å². The molecule has 1 aliphatic carbocycles. The Morgan fingerprint density at radius 3 is 2.48 bits per heavy atom. The number of carbonyl (C=O) groups is 1. The van der Waals surface area contributed by atoms with E-state index in [0.717, 1.165) is 30.2 Å². The van der Waals surface area contributed by atoms with Gasteiger partial charge in [0.05, 0.1) is 17.0 Å². The maximum Gasteiger partial charge on any atom is 0.259 e. The van der Waals surface area contributed by atoms with E-state index in [1.807, 2.05) is 30.3 Å². The second-order valence-electron chi connectivity index (χ2n) is 7.84. The van der Waals surface area contributed by atoms with Gasteiger partial charge >= 0.3 is 0 Å². The lowest BCUT2D eigenvalue weighted by Crippen LogP contribution is -2.27. The van der Waals surface area contributed by atoms with Crippen LogP contribution in [-0.2, 0) is 0 Å². The normalized spacial score (nSPS) is 14.5. The number of halogens is 2. The van der Waals surface area contributed by atoms with Gasteiger partial charge in [-0.1, -0.05) is 35.5 Å². The van der Waals surface area contributed by atoms with Gasteiger partial charge in [0.2, 0.25) is 0 Å². The highest BCUT2D eigenvalue weighted by Crippen LogP contribution is 2.41. The zero-order valence-corrected chi connectivity index (χ0v) is 16.7. The number of amides is 1. The van der Waals surface area contributed by atoms with Crippen LogP contribution in [0.15, 0.2) is 59.1 Å². The fraction of sp³-hybridized carbons (Fsp3) is 0.208. The first-order valence-corrected chi connectivity index (χ1v) is 10.1. The van der Waals surface area contributed by atoms with Crippen molar-refractivity contribution in [1.82, 2.24) is 15.5 Å². The van der Waals surface area contributed by atoms with Crippen LogP contribution < -0.4 is 5.32 Å². The maximum atomic E-state index is 13.6. The SMILES string of the molecule is C[C@@H](NC(=O)c1cc(C2CC2)nc2onc(-c3ccccc3)c12)c1cc(F)cc(F)c1. The van der Waals surface area contributed by atoms with Crippen molar-refractivity contribution >= 4 is 17.0 Å². The van der Waals surface area contributed by atoms with E-state index >= 15 is 0 Å². The van der Waals surface area contributed by atoms with Gasteiger partial charge in [0.15, 0.2) is 0 Å². The van der Waals surface area contributed by atoms with Gasteiger partial charge in [-0.25, -0.2) is 13.8 Å². The molecule has 1 atom stereocenters. The van der Waals surface area contributed by atoms with E-state index in [1.54, 1.807) is 13.0 Å². The summed E-state index contributed by atoms with van der Waals surface area (Å²) >= 11 is 0. The molecule has 2 aromatic carbocycles. The molecule has 5 nitrogen and oxygen atoms in total. The van der Waals surface area contributed by atoms with E-state index in [2.05, 4.69) is 15.5 Å². The van der Waals surface area contributed by atoms with Gasteiger partial charge in [-0.05, 0) is 43.5 Å². The predicted molar refractivity (Wildman–Crippen MR) is 111 cm³/mol. The summed E-state index contributed by atoms with van der Waals surface area (Å²) in [5.74, 6) is -1.46. The zero-order chi connectivity index (χ0) is 21.5. The van der Waals surface area contributed by atoms with E-state index in [4.69, 9.17) is 4.52 Å². The average Bonchev–Trinajstić information content (AvgIpc) is 3.52. The number of hydrogen-bond acceptors (Lipinski definition) is 4. The molecular formula is C24H19F2N3O2. The summed E-state index contributed by atoms with van der Waals surface area (Å²) in [7, 11) is 0. The third-order valence-corrected chi connectivity index (χ3v) is 5.49. The molecule has 2 heterocycles. The Labute approximate surface area is 177 Å². The third kappa shape index (κ3) is 3.79. The molecule has 1 saturated carbocycles. The first kappa shape index (κ1) is 19.4. The molecule has 31 heavy (non-hydrogen) atoms. The monoisotopic (exact) mass is 419 g/mol. The molecule has 2 aromatic heterocycles. The Morgan fingerprint density at radius 2 is 1.81 bits per heavy atom. The van der Waals surface area contributed by atoms with Crippen LogP contribution in [0, 0.1) is 11.6 Å². The molecule has 7 heteroatoms. The Bertz CT molecular complexity index is 1260. The van der Waals surface area contributed by atoms with E-state index in [1.165, 1.54) is 12.1 Å². The fourth-order valence-electron chi connectivity index (χ4n) is 3.71. The van der Waals surface area contributed by atoms with Crippen LogP contribution in [0.4, 0.5) is 8.78 Å². The molecule has 0 bridgehead atoms. The van der Waals surface area contributed by atoms with Crippen molar-refractivity contribution in [3.63, 3.8) is 0 Å². The summed E-state index contributed by atoms with van der Waals surface area (Å²) in [4.78, 5) is 17.9. The van der Waals surface area contributed by atoms with Gasteiger partial charge in [-0.3, -0.25) is 4.79 Å². The van der Waals surface area contributed by atoms with Gasteiger partial charge in [0.25, 0.3) is 11.6 Å². The van der Waals surface area contributed by atoms with Gasteiger partial charge < -0.3 is 9.84 Å². The first-order valence-electron chi connectivity index (χ1n) is 10.1.